The number of para-hydroxylation sites is 1. The van der Waals surface area contributed by atoms with Crippen LogP contribution in [0.1, 0.15) is 36.6 Å². The molecule has 0 N–H and O–H groups in total. The summed E-state index contributed by atoms with van der Waals surface area (Å²) in [4.78, 5) is 33.6. The average molecular weight is 438 g/mol. The van der Waals surface area contributed by atoms with Crippen LogP contribution in [0.15, 0.2) is 64.5 Å². The fourth-order valence-corrected chi connectivity index (χ4v) is 5.29. The summed E-state index contributed by atoms with van der Waals surface area (Å²) in [7, 11) is 1.62. The zero-order chi connectivity index (χ0) is 21.8. The first-order valence-corrected chi connectivity index (χ1v) is 11.5. The largest absolute Gasteiger partial charge is 0.383 e. The number of nitrogens with zero attached hydrogens (tertiary/aromatic N) is 3. The number of hydrogen-bond donors (Lipinski definition) is 0. The van der Waals surface area contributed by atoms with Gasteiger partial charge in [-0.1, -0.05) is 54.2 Å². The molecule has 0 saturated carbocycles. The Morgan fingerprint density at radius 1 is 1.10 bits per heavy atom. The van der Waals surface area contributed by atoms with Gasteiger partial charge in [-0.25, -0.2) is 4.98 Å². The third kappa shape index (κ3) is 4.52. The van der Waals surface area contributed by atoms with Crippen LogP contribution in [-0.2, 0) is 9.53 Å². The second kappa shape index (κ2) is 9.66. The highest BCUT2D eigenvalue weighted by atomic mass is 32.2. The molecular formula is C24H27N3O3S. The van der Waals surface area contributed by atoms with Gasteiger partial charge >= 0.3 is 0 Å². The van der Waals surface area contributed by atoms with Crippen LogP contribution in [0.4, 0.5) is 0 Å². The van der Waals surface area contributed by atoms with E-state index in [1.54, 1.807) is 17.7 Å². The predicted octanol–water partition coefficient (Wildman–Crippen LogP) is 4.06. The summed E-state index contributed by atoms with van der Waals surface area (Å²) < 4.78 is 7.00. The number of ether oxygens (including phenoxy) is 1. The summed E-state index contributed by atoms with van der Waals surface area (Å²) in [6, 6.07) is 16.9. The Hall–Kier alpha value is -2.64. The van der Waals surface area contributed by atoms with E-state index in [1.165, 1.54) is 11.8 Å². The summed E-state index contributed by atoms with van der Waals surface area (Å²) in [5.41, 5.74) is 1.44. The van der Waals surface area contributed by atoms with Gasteiger partial charge in [0.1, 0.15) is 5.25 Å². The van der Waals surface area contributed by atoms with Gasteiger partial charge in [-0.15, -0.1) is 0 Å². The molecule has 3 aromatic rings. The maximum absolute atomic E-state index is 13.5. The summed E-state index contributed by atoms with van der Waals surface area (Å²) in [6.07, 6.45) is 2.06. The first-order valence-electron chi connectivity index (χ1n) is 10.6. The first-order chi connectivity index (χ1) is 15.1. The molecule has 1 fully saturated rings. The van der Waals surface area contributed by atoms with Crippen LogP contribution in [0.25, 0.3) is 10.9 Å². The first kappa shape index (κ1) is 21.6. The molecule has 162 valence electrons. The van der Waals surface area contributed by atoms with Crippen molar-refractivity contribution >= 4 is 28.6 Å². The van der Waals surface area contributed by atoms with E-state index in [2.05, 4.69) is 0 Å². The Kier molecular flexibility index (Phi) is 6.73. The highest BCUT2D eigenvalue weighted by molar-refractivity contribution is 8.00. The number of carbonyl (C=O) groups excluding carboxylic acids is 1. The Bertz CT molecular complexity index is 1110. The standard InChI is InChI=1S/C24H27N3O3S/c1-17(16-30-2)27-22(28)19-12-6-7-13-20(19)25-24(27)31-21(18-10-4-3-5-11-18)23(29)26-14-8-9-15-26/h3-7,10-13,17,21H,8-9,14-16H2,1-2H3/t17-,21+/m1/s1. The smallest absolute Gasteiger partial charge is 0.262 e. The molecule has 6 nitrogen and oxygen atoms in total. The summed E-state index contributed by atoms with van der Waals surface area (Å²) in [5.74, 6) is 0.0713. The number of likely N-dealkylation sites (tertiary alicyclic amines) is 1. The minimum absolute atomic E-state index is 0.0713. The third-order valence-corrected chi connectivity index (χ3v) is 6.80. The number of fused-ring (bicyclic) bond motifs is 1. The van der Waals surface area contributed by atoms with Crippen LogP contribution in [-0.4, -0.2) is 47.2 Å². The van der Waals surface area contributed by atoms with Crippen molar-refractivity contribution in [2.75, 3.05) is 26.8 Å². The van der Waals surface area contributed by atoms with Crippen molar-refractivity contribution < 1.29 is 9.53 Å². The van der Waals surface area contributed by atoms with E-state index in [0.29, 0.717) is 22.7 Å². The van der Waals surface area contributed by atoms with Crippen molar-refractivity contribution in [3.8, 4) is 0 Å². The lowest BCUT2D eigenvalue weighted by Gasteiger charge is -2.25. The number of methoxy groups -OCH3 is 1. The molecular weight excluding hydrogens is 410 g/mol. The lowest BCUT2D eigenvalue weighted by molar-refractivity contribution is -0.129. The van der Waals surface area contributed by atoms with Crippen LogP contribution in [0.5, 0.6) is 0 Å². The van der Waals surface area contributed by atoms with Crippen molar-refractivity contribution in [2.24, 2.45) is 0 Å². The van der Waals surface area contributed by atoms with Gasteiger partial charge < -0.3 is 9.64 Å². The number of hydrogen-bond acceptors (Lipinski definition) is 5. The maximum Gasteiger partial charge on any atom is 0.262 e. The average Bonchev–Trinajstić information content (AvgIpc) is 3.33. The van der Waals surface area contributed by atoms with Crippen molar-refractivity contribution in [3.63, 3.8) is 0 Å². The summed E-state index contributed by atoms with van der Waals surface area (Å²) in [6.45, 7) is 3.87. The second-order valence-corrected chi connectivity index (χ2v) is 8.90. The predicted molar refractivity (Wildman–Crippen MR) is 123 cm³/mol. The van der Waals surface area contributed by atoms with Gasteiger partial charge in [0, 0.05) is 20.2 Å². The van der Waals surface area contributed by atoms with Gasteiger partial charge in [0.05, 0.1) is 23.6 Å². The third-order valence-electron chi connectivity index (χ3n) is 5.59. The van der Waals surface area contributed by atoms with Gasteiger partial charge in [-0.3, -0.25) is 14.2 Å². The Balaban J connectivity index is 1.82. The minimum atomic E-state index is -0.464. The SMILES string of the molecule is COC[C@@H](C)n1c(S[C@H](C(=O)N2CCCC2)c2ccccc2)nc2ccccc2c1=O. The van der Waals surface area contributed by atoms with Crippen molar-refractivity contribution in [1.29, 1.82) is 0 Å². The normalized spacial score (nSPS) is 15.9. The molecule has 31 heavy (non-hydrogen) atoms. The van der Waals surface area contributed by atoms with Crippen LogP contribution >= 0.6 is 11.8 Å². The molecule has 2 heterocycles. The fourth-order valence-electron chi connectivity index (χ4n) is 4.01. The molecule has 2 atom stereocenters. The van der Waals surface area contributed by atoms with Gasteiger partial charge in [0.2, 0.25) is 5.91 Å². The molecule has 1 aliphatic heterocycles. The van der Waals surface area contributed by atoms with E-state index < -0.39 is 5.25 Å². The van der Waals surface area contributed by atoms with Crippen molar-refractivity contribution in [3.05, 3.63) is 70.5 Å². The van der Waals surface area contributed by atoms with E-state index in [0.717, 1.165) is 31.5 Å². The Labute approximate surface area is 186 Å². The van der Waals surface area contributed by atoms with Gasteiger partial charge in [-0.05, 0) is 37.5 Å². The van der Waals surface area contributed by atoms with E-state index in [9.17, 15) is 9.59 Å². The topological polar surface area (TPSA) is 64.4 Å². The molecule has 1 aliphatic rings. The maximum atomic E-state index is 13.5. The number of amides is 1. The molecule has 0 spiro atoms. The number of carbonyl (C=O) groups is 1. The van der Waals surface area contributed by atoms with Gasteiger partial charge in [-0.2, -0.15) is 0 Å². The molecule has 4 rings (SSSR count). The van der Waals surface area contributed by atoms with E-state index in [-0.39, 0.29) is 17.5 Å². The van der Waals surface area contributed by atoms with Crippen LogP contribution in [0.2, 0.25) is 0 Å². The summed E-state index contributed by atoms with van der Waals surface area (Å²) in [5, 5.41) is 0.639. The summed E-state index contributed by atoms with van der Waals surface area (Å²) >= 11 is 1.35. The molecule has 7 heteroatoms. The lowest BCUT2D eigenvalue weighted by Crippen LogP contribution is -2.33. The van der Waals surface area contributed by atoms with E-state index in [4.69, 9.17) is 9.72 Å². The molecule has 0 radical (unpaired) electrons. The van der Waals surface area contributed by atoms with Crippen molar-refractivity contribution in [1.82, 2.24) is 14.5 Å². The molecule has 2 aromatic carbocycles. The highest BCUT2D eigenvalue weighted by Gasteiger charge is 2.31. The molecule has 0 bridgehead atoms. The monoisotopic (exact) mass is 437 g/mol. The zero-order valence-corrected chi connectivity index (χ0v) is 18.7. The lowest BCUT2D eigenvalue weighted by atomic mass is 10.1. The highest BCUT2D eigenvalue weighted by Crippen LogP contribution is 2.37. The molecule has 1 aromatic heterocycles. The van der Waals surface area contributed by atoms with Crippen molar-refractivity contribution in [2.45, 2.75) is 36.2 Å². The Morgan fingerprint density at radius 2 is 1.77 bits per heavy atom. The quantitative estimate of drug-likeness (QED) is 0.412. The number of aromatic nitrogens is 2. The Morgan fingerprint density at radius 3 is 2.48 bits per heavy atom. The molecule has 0 unspecified atom stereocenters. The molecule has 0 aliphatic carbocycles. The second-order valence-electron chi connectivity index (χ2n) is 7.83. The van der Waals surface area contributed by atoms with E-state index >= 15 is 0 Å². The number of thioether (sulfide) groups is 1. The minimum Gasteiger partial charge on any atom is -0.383 e. The number of benzene rings is 2. The number of rotatable bonds is 7. The van der Waals surface area contributed by atoms with Crippen LogP contribution in [0.3, 0.4) is 0 Å². The zero-order valence-electron chi connectivity index (χ0n) is 17.9. The van der Waals surface area contributed by atoms with Crippen LogP contribution in [0, 0.1) is 0 Å². The van der Waals surface area contributed by atoms with Gasteiger partial charge in [0.15, 0.2) is 5.16 Å². The van der Waals surface area contributed by atoms with E-state index in [1.807, 2.05) is 60.4 Å². The van der Waals surface area contributed by atoms with Gasteiger partial charge in [0.25, 0.3) is 5.56 Å². The molecule has 1 amide bonds. The fraction of sp³-hybridized carbons (Fsp3) is 0.375. The van der Waals surface area contributed by atoms with Crippen LogP contribution < -0.4 is 5.56 Å². The molecule has 1 saturated heterocycles.